The quantitative estimate of drug-likeness (QED) is 0.625. The molecule has 3 rings (SSSR count). The zero-order valence-corrected chi connectivity index (χ0v) is 12.6. The van der Waals surface area contributed by atoms with E-state index in [1.807, 2.05) is 42.5 Å². The molecule has 0 radical (unpaired) electrons. The van der Waals surface area contributed by atoms with Gasteiger partial charge in [0.25, 0.3) is 0 Å². The molecule has 1 heterocycles. The number of hydrogen-bond acceptors (Lipinski definition) is 4. The summed E-state index contributed by atoms with van der Waals surface area (Å²) in [5.41, 5.74) is 1.68. The second-order valence-electron chi connectivity index (χ2n) is 4.72. The lowest BCUT2D eigenvalue weighted by atomic mass is 10.2. The predicted molar refractivity (Wildman–Crippen MR) is 80.7 cm³/mol. The fraction of sp³-hybridized carbons (Fsp3) is 0.125. The van der Waals surface area contributed by atoms with Crippen molar-refractivity contribution in [3.8, 4) is 11.4 Å². The van der Waals surface area contributed by atoms with Crippen molar-refractivity contribution in [1.82, 2.24) is 10.1 Å². The van der Waals surface area contributed by atoms with Crippen molar-refractivity contribution < 1.29 is 17.7 Å². The van der Waals surface area contributed by atoms with Crippen LogP contribution in [0, 0.1) is 0 Å². The molecule has 0 unspecified atom stereocenters. The average molecular weight is 336 g/mol. The van der Waals surface area contributed by atoms with Crippen molar-refractivity contribution >= 4 is 11.8 Å². The topological polar surface area (TPSA) is 38.9 Å². The number of rotatable bonds is 4. The van der Waals surface area contributed by atoms with Gasteiger partial charge in [0.1, 0.15) is 0 Å². The fourth-order valence-corrected chi connectivity index (χ4v) is 2.75. The number of hydrogen-bond donors (Lipinski definition) is 0. The van der Waals surface area contributed by atoms with Gasteiger partial charge in [-0.15, -0.1) is 11.8 Å². The van der Waals surface area contributed by atoms with Gasteiger partial charge in [-0.3, -0.25) is 0 Å². The Kier molecular flexibility index (Phi) is 4.38. The van der Waals surface area contributed by atoms with E-state index in [1.165, 1.54) is 5.56 Å². The molecule has 7 heteroatoms. The Bertz CT molecular complexity index is 770. The lowest BCUT2D eigenvalue weighted by Crippen LogP contribution is -2.04. The van der Waals surface area contributed by atoms with Crippen LogP contribution < -0.4 is 0 Å². The molecular weight excluding hydrogens is 325 g/mol. The summed E-state index contributed by atoms with van der Waals surface area (Å²) in [6.07, 6.45) is -4.63. The largest absolute Gasteiger partial charge is 0.471 e. The van der Waals surface area contributed by atoms with Crippen LogP contribution in [-0.4, -0.2) is 10.1 Å². The fourth-order valence-electron chi connectivity index (χ4n) is 1.90. The Morgan fingerprint density at radius 1 is 0.957 bits per heavy atom. The second-order valence-corrected chi connectivity index (χ2v) is 5.77. The molecule has 23 heavy (non-hydrogen) atoms. The minimum atomic E-state index is -4.63. The zero-order valence-electron chi connectivity index (χ0n) is 11.7. The van der Waals surface area contributed by atoms with Gasteiger partial charge in [-0.2, -0.15) is 18.2 Å². The van der Waals surface area contributed by atoms with Gasteiger partial charge in [0, 0.05) is 16.2 Å². The van der Waals surface area contributed by atoms with E-state index in [9.17, 15) is 13.2 Å². The molecule has 3 aromatic rings. The first kappa shape index (κ1) is 15.6. The molecule has 0 atom stereocenters. The zero-order chi connectivity index (χ0) is 16.3. The Labute approximate surface area is 134 Å². The van der Waals surface area contributed by atoms with Crippen molar-refractivity contribution in [1.29, 1.82) is 0 Å². The van der Waals surface area contributed by atoms with Crippen molar-refractivity contribution in [2.45, 2.75) is 16.8 Å². The average Bonchev–Trinajstić information content (AvgIpc) is 3.05. The third-order valence-electron chi connectivity index (χ3n) is 3.03. The molecule has 0 aliphatic carbocycles. The summed E-state index contributed by atoms with van der Waals surface area (Å²) >= 11 is 1.64. The van der Waals surface area contributed by atoms with Crippen molar-refractivity contribution in [2.75, 3.05) is 0 Å². The van der Waals surface area contributed by atoms with Gasteiger partial charge in [0.15, 0.2) is 0 Å². The highest BCUT2D eigenvalue weighted by molar-refractivity contribution is 7.98. The molecule has 0 amide bonds. The van der Waals surface area contributed by atoms with Gasteiger partial charge in [-0.25, -0.2) is 0 Å². The van der Waals surface area contributed by atoms with Gasteiger partial charge in [-0.05, 0) is 29.8 Å². The predicted octanol–water partition coefficient (Wildman–Crippen LogP) is 5.05. The van der Waals surface area contributed by atoms with Gasteiger partial charge in [-0.1, -0.05) is 35.5 Å². The molecule has 0 spiro atoms. The number of aromatic nitrogens is 2. The molecule has 118 valence electrons. The summed E-state index contributed by atoms with van der Waals surface area (Å²) in [6, 6.07) is 17.0. The minimum absolute atomic E-state index is 0.0723. The lowest BCUT2D eigenvalue weighted by molar-refractivity contribution is -0.159. The molecule has 0 fully saturated rings. The molecule has 0 saturated carbocycles. The first-order chi connectivity index (χ1) is 11.0. The SMILES string of the molecule is FC(F)(F)c1nc(-c2ccc(SCc3ccccc3)cc2)no1. The van der Waals surface area contributed by atoms with Gasteiger partial charge in [0.2, 0.25) is 5.82 Å². The Hall–Kier alpha value is -2.28. The second kappa shape index (κ2) is 6.45. The van der Waals surface area contributed by atoms with E-state index in [4.69, 9.17) is 0 Å². The summed E-state index contributed by atoms with van der Waals surface area (Å²) in [7, 11) is 0. The smallest absolute Gasteiger partial charge is 0.329 e. The highest BCUT2D eigenvalue weighted by atomic mass is 32.2. The van der Waals surface area contributed by atoms with E-state index in [1.54, 1.807) is 23.9 Å². The standard InChI is InChI=1S/C16H11F3N2OS/c17-16(18,19)15-20-14(21-22-15)12-6-8-13(9-7-12)23-10-11-4-2-1-3-5-11/h1-9H,10H2. The van der Waals surface area contributed by atoms with Crippen molar-refractivity contribution in [3.63, 3.8) is 0 Å². The third kappa shape index (κ3) is 3.92. The monoisotopic (exact) mass is 336 g/mol. The summed E-state index contributed by atoms with van der Waals surface area (Å²) in [5, 5.41) is 3.36. The number of nitrogens with zero attached hydrogens (tertiary/aromatic N) is 2. The third-order valence-corrected chi connectivity index (χ3v) is 4.11. The van der Waals surface area contributed by atoms with E-state index >= 15 is 0 Å². The van der Waals surface area contributed by atoms with Crippen LogP contribution in [0.5, 0.6) is 0 Å². The molecule has 1 aromatic heterocycles. The molecule has 2 aromatic carbocycles. The van der Waals surface area contributed by atoms with Crippen LogP contribution in [0.15, 0.2) is 64.0 Å². The summed E-state index contributed by atoms with van der Waals surface area (Å²) in [6.45, 7) is 0. The Balaban J connectivity index is 1.68. The first-order valence-electron chi connectivity index (χ1n) is 6.70. The highest BCUT2D eigenvalue weighted by Gasteiger charge is 2.38. The van der Waals surface area contributed by atoms with Crippen LogP contribution in [0.2, 0.25) is 0 Å². The van der Waals surface area contributed by atoms with Crippen LogP contribution in [0.4, 0.5) is 13.2 Å². The van der Waals surface area contributed by atoms with Crippen LogP contribution in [-0.2, 0) is 11.9 Å². The molecule has 0 N–H and O–H groups in total. The van der Waals surface area contributed by atoms with Crippen LogP contribution in [0.25, 0.3) is 11.4 Å². The Morgan fingerprint density at radius 3 is 2.26 bits per heavy atom. The summed E-state index contributed by atoms with van der Waals surface area (Å²) in [4.78, 5) is 4.38. The molecule has 0 aliphatic rings. The van der Waals surface area contributed by atoms with Gasteiger partial charge in [0.05, 0.1) is 0 Å². The number of alkyl halides is 3. The van der Waals surface area contributed by atoms with E-state index in [-0.39, 0.29) is 5.82 Å². The van der Waals surface area contributed by atoms with Crippen molar-refractivity contribution in [3.05, 3.63) is 66.1 Å². The molecule has 0 bridgehead atoms. The Morgan fingerprint density at radius 2 is 1.65 bits per heavy atom. The summed E-state index contributed by atoms with van der Waals surface area (Å²) in [5.74, 6) is -0.590. The minimum Gasteiger partial charge on any atom is -0.329 e. The van der Waals surface area contributed by atoms with E-state index in [0.717, 1.165) is 10.6 Å². The van der Waals surface area contributed by atoms with Gasteiger partial charge < -0.3 is 4.52 Å². The van der Waals surface area contributed by atoms with Crippen molar-refractivity contribution in [2.24, 2.45) is 0 Å². The van der Waals surface area contributed by atoms with Gasteiger partial charge >= 0.3 is 12.1 Å². The highest BCUT2D eigenvalue weighted by Crippen LogP contribution is 2.30. The maximum atomic E-state index is 12.4. The molecule has 0 aliphatic heterocycles. The first-order valence-corrected chi connectivity index (χ1v) is 7.69. The molecular formula is C16H11F3N2OS. The van der Waals surface area contributed by atoms with E-state index in [2.05, 4.69) is 14.7 Å². The number of halogens is 3. The normalized spacial score (nSPS) is 11.6. The molecule has 3 nitrogen and oxygen atoms in total. The maximum Gasteiger partial charge on any atom is 0.471 e. The maximum absolute atomic E-state index is 12.4. The summed E-state index contributed by atoms with van der Waals surface area (Å²) < 4.78 is 41.6. The van der Waals surface area contributed by atoms with E-state index in [0.29, 0.717) is 5.56 Å². The lowest BCUT2D eigenvalue weighted by Gasteiger charge is -2.02. The van der Waals surface area contributed by atoms with E-state index < -0.39 is 12.1 Å². The number of benzene rings is 2. The molecule has 0 saturated heterocycles. The van der Waals surface area contributed by atoms with Crippen LogP contribution >= 0.6 is 11.8 Å². The van der Waals surface area contributed by atoms with Crippen LogP contribution in [0.3, 0.4) is 0 Å². The van der Waals surface area contributed by atoms with Crippen LogP contribution in [0.1, 0.15) is 11.5 Å². The number of thioether (sulfide) groups is 1.